The zero-order valence-corrected chi connectivity index (χ0v) is 12.3. The monoisotopic (exact) mass is 297 g/mol. The van der Waals surface area contributed by atoms with Crippen molar-refractivity contribution in [2.45, 2.75) is 26.2 Å². The summed E-state index contributed by atoms with van der Waals surface area (Å²) in [4.78, 5) is 28.8. The van der Waals surface area contributed by atoms with E-state index in [0.29, 0.717) is 32.5 Å². The Kier molecular flexibility index (Phi) is 4.94. The van der Waals surface area contributed by atoms with Crippen LogP contribution in [0.3, 0.4) is 0 Å². The van der Waals surface area contributed by atoms with Gasteiger partial charge in [-0.25, -0.2) is 9.78 Å². The molecule has 0 bridgehead atoms. The summed E-state index contributed by atoms with van der Waals surface area (Å²) in [7, 11) is 0. The predicted molar refractivity (Wildman–Crippen MR) is 75.9 cm³/mol. The Morgan fingerprint density at radius 2 is 2.40 bits per heavy atom. The van der Waals surface area contributed by atoms with Crippen LogP contribution in [0.15, 0.2) is 5.38 Å². The first kappa shape index (κ1) is 14.8. The second-order valence-corrected chi connectivity index (χ2v) is 6.03. The number of carbonyl (C=O) groups excluding carboxylic acids is 1. The molecule has 2 heterocycles. The number of nitrogens with zero attached hydrogens (tertiary/aromatic N) is 2. The summed E-state index contributed by atoms with van der Waals surface area (Å²) in [6, 6.07) is -0.178. The lowest BCUT2D eigenvalue weighted by Gasteiger charge is -2.30. The Labute approximate surface area is 121 Å². The van der Waals surface area contributed by atoms with Gasteiger partial charge in [0.15, 0.2) is 0 Å². The molecule has 1 saturated heterocycles. The smallest absolute Gasteiger partial charge is 0.317 e. The van der Waals surface area contributed by atoms with Crippen molar-refractivity contribution in [1.29, 1.82) is 0 Å². The molecule has 0 spiro atoms. The Morgan fingerprint density at radius 3 is 3.05 bits per heavy atom. The normalized spacial score (nSPS) is 18.9. The lowest BCUT2D eigenvalue weighted by atomic mass is 9.99. The molecular weight excluding hydrogens is 278 g/mol. The molecule has 1 aromatic heterocycles. The van der Waals surface area contributed by atoms with E-state index in [1.807, 2.05) is 12.3 Å². The summed E-state index contributed by atoms with van der Waals surface area (Å²) in [6.45, 7) is 3.41. The van der Waals surface area contributed by atoms with Crippen molar-refractivity contribution < 1.29 is 14.7 Å². The van der Waals surface area contributed by atoms with Crippen LogP contribution in [0.2, 0.25) is 0 Å². The van der Waals surface area contributed by atoms with Crippen molar-refractivity contribution in [2.75, 3.05) is 19.6 Å². The molecule has 110 valence electrons. The highest BCUT2D eigenvalue weighted by atomic mass is 32.1. The number of aliphatic carboxylic acids is 1. The average Bonchev–Trinajstić information content (AvgIpc) is 2.84. The van der Waals surface area contributed by atoms with Crippen molar-refractivity contribution in [3.8, 4) is 0 Å². The number of urea groups is 1. The summed E-state index contributed by atoms with van der Waals surface area (Å²) < 4.78 is 0. The third-order valence-corrected chi connectivity index (χ3v) is 4.20. The maximum Gasteiger partial charge on any atom is 0.317 e. The summed E-state index contributed by atoms with van der Waals surface area (Å²) >= 11 is 1.60. The second-order valence-electron chi connectivity index (χ2n) is 4.96. The number of rotatable bonds is 4. The highest BCUT2D eigenvalue weighted by Gasteiger charge is 2.27. The fraction of sp³-hybridized carbons (Fsp3) is 0.615. The van der Waals surface area contributed by atoms with Crippen LogP contribution < -0.4 is 5.32 Å². The van der Waals surface area contributed by atoms with E-state index in [-0.39, 0.29) is 6.03 Å². The SMILES string of the molecule is Cc1nc(CCNC(=O)N2CCC[C@H](C(=O)O)C2)cs1. The third kappa shape index (κ3) is 3.93. The van der Waals surface area contributed by atoms with Gasteiger partial charge in [-0.05, 0) is 19.8 Å². The van der Waals surface area contributed by atoms with E-state index < -0.39 is 11.9 Å². The first-order valence-electron chi connectivity index (χ1n) is 6.73. The Balaban J connectivity index is 1.75. The maximum absolute atomic E-state index is 12.0. The molecule has 1 aromatic rings. The standard InChI is InChI=1S/C13H19N3O3S/c1-9-15-11(8-20-9)4-5-14-13(19)16-6-2-3-10(7-16)12(17)18/h8,10H,2-7H2,1H3,(H,14,19)(H,17,18)/t10-/m0/s1. The lowest BCUT2D eigenvalue weighted by Crippen LogP contribution is -2.47. The summed E-state index contributed by atoms with van der Waals surface area (Å²) in [6.07, 6.45) is 2.10. The van der Waals surface area contributed by atoms with E-state index >= 15 is 0 Å². The number of hydrogen-bond acceptors (Lipinski definition) is 4. The molecule has 0 radical (unpaired) electrons. The van der Waals surface area contributed by atoms with Crippen LogP contribution in [0.5, 0.6) is 0 Å². The molecule has 1 fully saturated rings. The van der Waals surface area contributed by atoms with Crippen LogP contribution >= 0.6 is 11.3 Å². The molecule has 1 aliphatic heterocycles. The van der Waals surface area contributed by atoms with Gasteiger partial charge in [0, 0.05) is 31.4 Å². The molecule has 2 amide bonds. The molecule has 0 aliphatic carbocycles. The van der Waals surface area contributed by atoms with Crippen LogP contribution in [0.25, 0.3) is 0 Å². The number of carbonyl (C=O) groups is 2. The third-order valence-electron chi connectivity index (χ3n) is 3.38. The topological polar surface area (TPSA) is 82.5 Å². The van der Waals surface area contributed by atoms with E-state index in [9.17, 15) is 9.59 Å². The van der Waals surface area contributed by atoms with Crippen molar-refractivity contribution in [3.05, 3.63) is 16.1 Å². The first-order valence-corrected chi connectivity index (χ1v) is 7.61. The van der Waals surface area contributed by atoms with Crippen molar-refractivity contribution in [1.82, 2.24) is 15.2 Å². The number of amides is 2. The van der Waals surface area contributed by atoms with E-state index in [1.165, 1.54) is 0 Å². The number of nitrogens with one attached hydrogen (secondary N) is 1. The number of carboxylic acids is 1. The van der Waals surface area contributed by atoms with E-state index in [2.05, 4.69) is 10.3 Å². The molecule has 2 N–H and O–H groups in total. The second kappa shape index (κ2) is 6.69. The Hall–Kier alpha value is -1.63. The highest BCUT2D eigenvalue weighted by Crippen LogP contribution is 2.16. The van der Waals surface area contributed by atoms with Gasteiger partial charge >= 0.3 is 12.0 Å². The number of piperidine rings is 1. The number of likely N-dealkylation sites (tertiary alicyclic amines) is 1. The van der Waals surface area contributed by atoms with E-state index in [1.54, 1.807) is 16.2 Å². The summed E-state index contributed by atoms with van der Waals surface area (Å²) in [5, 5.41) is 14.8. The van der Waals surface area contributed by atoms with Gasteiger partial charge in [0.05, 0.1) is 16.6 Å². The number of thiazole rings is 1. The van der Waals surface area contributed by atoms with Gasteiger partial charge in [-0.3, -0.25) is 4.79 Å². The summed E-state index contributed by atoms with van der Waals surface area (Å²) in [5.74, 6) is -1.25. The van der Waals surface area contributed by atoms with Crippen LogP contribution in [0.4, 0.5) is 4.79 Å². The minimum atomic E-state index is -0.819. The zero-order valence-electron chi connectivity index (χ0n) is 11.5. The quantitative estimate of drug-likeness (QED) is 0.882. The van der Waals surface area contributed by atoms with Crippen LogP contribution in [-0.2, 0) is 11.2 Å². The van der Waals surface area contributed by atoms with Crippen molar-refractivity contribution >= 4 is 23.3 Å². The zero-order chi connectivity index (χ0) is 14.5. The molecular formula is C13H19N3O3S. The summed E-state index contributed by atoms with van der Waals surface area (Å²) in [5.41, 5.74) is 0.981. The fourth-order valence-electron chi connectivity index (χ4n) is 2.30. The molecule has 1 aliphatic rings. The van der Waals surface area contributed by atoms with Crippen LogP contribution in [0.1, 0.15) is 23.5 Å². The maximum atomic E-state index is 12.0. The van der Waals surface area contributed by atoms with E-state index in [4.69, 9.17) is 5.11 Å². The molecule has 2 rings (SSSR count). The van der Waals surface area contributed by atoms with Gasteiger partial charge < -0.3 is 15.3 Å². The Morgan fingerprint density at radius 1 is 1.60 bits per heavy atom. The van der Waals surface area contributed by atoms with Crippen molar-refractivity contribution in [3.63, 3.8) is 0 Å². The first-order chi connectivity index (χ1) is 9.56. The van der Waals surface area contributed by atoms with Crippen LogP contribution in [-0.4, -0.2) is 46.6 Å². The highest BCUT2D eigenvalue weighted by molar-refractivity contribution is 7.09. The van der Waals surface area contributed by atoms with Gasteiger partial charge in [-0.1, -0.05) is 0 Å². The fourth-order valence-corrected chi connectivity index (χ4v) is 2.94. The van der Waals surface area contributed by atoms with Gasteiger partial charge in [0.2, 0.25) is 0 Å². The molecule has 20 heavy (non-hydrogen) atoms. The predicted octanol–water partition coefficient (Wildman–Crippen LogP) is 1.50. The molecule has 0 aromatic carbocycles. The van der Waals surface area contributed by atoms with Gasteiger partial charge in [-0.15, -0.1) is 11.3 Å². The number of aryl methyl sites for hydroxylation is 1. The molecule has 7 heteroatoms. The van der Waals surface area contributed by atoms with Crippen LogP contribution in [0, 0.1) is 12.8 Å². The number of carboxylic acid groups (broad SMARTS) is 1. The van der Waals surface area contributed by atoms with Gasteiger partial charge in [-0.2, -0.15) is 0 Å². The lowest BCUT2D eigenvalue weighted by molar-refractivity contribution is -0.143. The average molecular weight is 297 g/mol. The molecule has 0 saturated carbocycles. The minimum absolute atomic E-state index is 0.178. The number of hydrogen-bond donors (Lipinski definition) is 2. The molecule has 0 unspecified atom stereocenters. The minimum Gasteiger partial charge on any atom is -0.481 e. The van der Waals surface area contributed by atoms with Gasteiger partial charge in [0.1, 0.15) is 0 Å². The Bertz CT molecular complexity index is 489. The van der Waals surface area contributed by atoms with E-state index in [0.717, 1.165) is 17.1 Å². The molecule has 6 nitrogen and oxygen atoms in total. The number of aromatic nitrogens is 1. The molecule has 1 atom stereocenters. The van der Waals surface area contributed by atoms with Crippen molar-refractivity contribution in [2.24, 2.45) is 5.92 Å². The van der Waals surface area contributed by atoms with Gasteiger partial charge in [0.25, 0.3) is 0 Å². The largest absolute Gasteiger partial charge is 0.481 e.